The average Bonchev–Trinajstić information content (AvgIpc) is 2.61. The maximum absolute atomic E-state index is 12.7. The van der Waals surface area contributed by atoms with Crippen molar-refractivity contribution in [2.75, 3.05) is 0 Å². The lowest BCUT2D eigenvalue weighted by molar-refractivity contribution is -0.384. The summed E-state index contributed by atoms with van der Waals surface area (Å²) in [6, 6.07) is 11.7. The lowest BCUT2D eigenvalue weighted by atomic mass is 10.0. The van der Waals surface area contributed by atoms with Gasteiger partial charge in [-0.1, -0.05) is 30.3 Å². The number of non-ortho nitro benzene ring substituents is 1. The molecule has 0 spiro atoms. The van der Waals surface area contributed by atoms with Crippen molar-refractivity contribution in [3.05, 3.63) is 69.8 Å². The van der Waals surface area contributed by atoms with Crippen molar-refractivity contribution in [3.8, 4) is 5.75 Å². The SMILES string of the molecule is CC(C)(C)N[C@@H](Cc1ccccc1)C(=O)NC(=O)c1cc([N+](=O)[O-])ccc1O. The first kappa shape index (κ1) is 21.0. The largest absolute Gasteiger partial charge is 0.507 e. The average molecular weight is 385 g/mol. The first-order valence-electron chi connectivity index (χ1n) is 8.71. The van der Waals surface area contributed by atoms with Gasteiger partial charge in [0.15, 0.2) is 0 Å². The molecule has 0 heterocycles. The summed E-state index contributed by atoms with van der Waals surface area (Å²) >= 11 is 0. The minimum Gasteiger partial charge on any atom is -0.507 e. The number of nitrogens with one attached hydrogen (secondary N) is 2. The van der Waals surface area contributed by atoms with Crippen molar-refractivity contribution in [1.29, 1.82) is 0 Å². The van der Waals surface area contributed by atoms with E-state index in [9.17, 15) is 24.8 Å². The fourth-order valence-electron chi connectivity index (χ4n) is 2.67. The van der Waals surface area contributed by atoms with Crippen LogP contribution in [0.2, 0.25) is 0 Å². The molecule has 0 radical (unpaired) electrons. The van der Waals surface area contributed by atoms with Crippen LogP contribution in [0.25, 0.3) is 0 Å². The monoisotopic (exact) mass is 385 g/mol. The van der Waals surface area contributed by atoms with Crippen LogP contribution < -0.4 is 10.6 Å². The molecule has 0 aliphatic carbocycles. The van der Waals surface area contributed by atoms with Crippen molar-refractivity contribution in [2.24, 2.45) is 0 Å². The summed E-state index contributed by atoms with van der Waals surface area (Å²) in [7, 11) is 0. The number of amides is 2. The molecule has 1 atom stereocenters. The molecule has 2 rings (SSSR count). The maximum Gasteiger partial charge on any atom is 0.270 e. The highest BCUT2D eigenvalue weighted by atomic mass is 16.6. The molecule has 0 fully saturated rings. The zero-order chi connectivity index (χ0) is 20.9. The fraction of sp³-hybridized carbons (Fsp3) is 0.300. The van der Waals surface area contributed by atoms with Crippen molar-refractivity contribution in [3.63, 3.8) is 0 Å². The predicted octanol–water partition coefficient (Wildman–Crippen LogP) is 2.56. The van der Waals surface area contributed by atoms with E-state index < -0.39 is 34.1 Å². The quantitative estimate of drug-likeness (QED) is 0.519. The van der Waals surface area contributed by atoms with Crippen molar-refractivity contribution < 1.29 is 19.6 Å². The molecule has 148 valence electrons. The summed E-state index contributed by atoms with van der Waals surface area (Å²) in [4.78, 5) is 35.4. The van der Waals surface area contributed by atoms with Crippen LogP contribution in [0.4, 0.5) is 5.69 Å². The molecule has 28 heavy (non-hydrogen) atoms. The van der Waals surface area contributed by atoms with Gasteiger partial charge in [0.25, 0.3) is 11.6 Å². The Morgan fingerprint density at radius 2 is 1.79 bits per heavy atom. The lowest BCUT2D eigenvalue weighted by Crippen LogP contribution is -2.53. The Labute approximate surface area is 162 Å². The number of nitro groups is 1. The van der Waals surface area contributed by atoms with E-state index in [2.05, 4.69) is 10.6 Å². The van der Waals surface area contributed by atoms with Crippen molar-refractivity contribution >= 4 is 17.5 Å². The van der Waals surface area contributed by atoms with E-state index in [0.29, 0.717) is 6.42 Å². The second-order valence-corrected chi connectivity index (χ2v) is 7.41. The highest BCUT2D eigenvalue weighted by Gasteiger charge is 2.27. The molecular weight excluding hydrogens is 362 g/mol. The number of imide groups is 1. The molecular formula is C20H23N3O5. The van der Waals surface area contributed by atoms with E-state index in [4.69, 9.17) is 0 Å². The number of nitrogens with zero attached hydrogens (tertiary/aromatic N) is 1. The lowest BCUT2D eigenvalue weighted by Gasteiger charge is -2.27. The molecule has 2 aromatic rings. The molecule has 0 aliphatic rings. The Bertz CT molecular complexity index is 875. The molecule has 0 bridgehead atoms. The third-order valence-corrected chi connectivity index (χ3v) is 3.88. The third kappa shape index (κ3) is 5.88. The van der Waals surface area contributed by atoms with Gasteiger partial charge in [-0.15, -0.1) is 0 Å². The third-order valence-electron chi connectivity index (χ3n) is 3.88. The molecule has 8 nitrogen and oxygen atoms in total. The topological polar surface area (TPSA) is 122 Å². The Morgan fingerprint density at radius 3 is 2.36 bits per heavy atom. The molecule has 0 aromatic heterocycles. The second kappa shape index (κ2) is 8.62. The standard InChI is InChI=1S/C20H23N3O5/c1-20(2,3)22-16(11-13-7-5-4-6-8-13)19(26)21-18(25)15-12-14(23(27)28)9-10-17(15)24/h4-10,12,16,22,24H,11H2,1-3H3,(H,21,25,26)/t16-/m0/s1. The minimum absolute atomic E-state index is 0.336. The van der Waals surface area contributed by atoms with Gasteiger partial charge in [-0.05, 0) is 38.8 Å². The summed E-state index contributed by atoms with van der Waals surface area (Å²) in [6.45, 7) is 5.69. The number of carbonyl (C=O) groups excluding carboxylic acids is 2. The van der Waals surface area contributed by atoms with Gasteiger partial charge in [-0.25, -0.2) is 0 Å². The number of rotatable bonds is 6. The first-order valence-corrected chi connectivity index (χ1v) is 8.71. The summed E-state index contributed by atoms with van der Waals surface area (Å²) < 4.78 is 0. The highest BCUT2D eigenvalue weighted by Crippen LogP contribution is 2.22. The van der Waals surface area contributed by atoms with Crippen LogP contribution in [-0.4, -0.2) is 33.4 Å². The Balaban J connectivity index is 2.21. The van der Waals surface area contributed by atoms with Gasteiger partial charge in [0, 0.05) is 17.7 Å². The van der Waals surface area contributed by atoms with Gasteiger partial charge < -0.3 is 10.4 Å². The van der Waals surface area contributed by atoms with Crippen LogP contribution in [0.3, 0.4) is 0 Å². The van der Waals surface area contributed by atoms with Gasteiger partial charge >= 0.3 is 0 Å². The second-order valence-electron chi connectivity index (χ2n) is 7.41. The molecule has 0 saturated carbocycles. The minimum atomic E-state index is -0.903. The predicted molar refractivity (Wildman–Crippen MR) is 104 cm³/mol. The van der Waals surface area contributed by atoms with Gasteiger partial charge in [0.1, 0.15) is 5.75 Å². The van der Waals surface area contributed by atoms with E-state index in [-0.39, 0.29) is 11.3 Å². The van der Waals surface area contributed by atoms with Crippen LogP contribution >= 0.6 is 0 Å². The van der Waals surface area contributed by atoms with Crippen LogP contribution in [0.5, 0.6) is 5.75 Å². The van der Waals surface area contributed by atoms with Crippen molar-refractivity contribution in [1.82, 2.24) is 10.6 Å². The number of hydrogen-bond acceptors (Lipinski definition) is 6. The van der Waals surface area contributed by atoms with Crippen LogP contribution in [0, 0.1) is 10.1 Å². The van der Waals surface area contributed by atoms with E-state index in [1.165, 1.54) is 0 Å². The summed E-state index contributed by atoms with van der Waals surface area (Å²) in [5, 5.41) is 26.1. The first-order chi connectivity index (χ1) is 13.1. The Hall–Kier alpha value is -3.26. The number of hydrogen-bond donors (Lipinski definition) is 3. The molecule has 0 aliphatic heterocycles. The fourth-order valence-corrected chi connectivity index (χ4v) is 2.67. The molecule has 2 amide bonds. The Morgan fingerprint density at radius 1 is 1.14 bits per heavy atom. The van der Waals surface area contributed by atoms with Crippen molar-refractivity contribution in [2.45, 2.75) is 38.8 Å². The normalized spacial score (nSPS) is 12.2. The van der Waals surface area contributed by atoms with E-state index >= 15 is 0 Å². The number of aromatic hydroxyl groups is 1. The van der Waals surface area contributed by atoms with E-state index in [1.807, 2.05) is 51.1 Å². The van der Waals surface area contributed by atoms with Crippen LogP contribution in [-0.2, 0) is 11.2 Å². The van der Waals surface area contributed by atoms with Gasteiger partial charge in [0.05, 0.1) is 16.5 Å². The van der Waals surface area contributed by atoms with Crippen LogP contribution in [0.15, 0.2) is 48.5 Å². The van der Waals surface area contributed by atoms with E-state index in [0.717, 1.165) is 23.8 Å². The van der Waals surface area contributed by atoms with Gasteiger partial charge in [-0.3, -0.25) is 25.0 Å². The summed E-state index contributed by atoms with van der Waals surface area (Å²) in [5.74, 6) is -1.94. The number of carbonyl (C=O) groups is 2. The van der Waals surface area contributed by atoms with Gasteiger partial charge in [0.2, 0.25) is 5.91 Å². The number of benzene rings is 2. The van der Waals surface area contributed by atoms with E-state index in [1.54, 1.807) is 0 Å². The van der Waals surface area contributed by atoms with Crippen LogP contribution in [0.1, 0.15) is 36.7 Å². The number of phenolic OH excluding ortho intramolecular Hbond substituents is 1. The molecule has 0 unspecified atom stereocenters. The summed E-state index contributed by atoms with van der Waals surface area (Å²) in [5.41, 5.74) is -0.182. The van der Waals surface area contributed by atoms with Gasteiger partial charge in [-0.2, -0.15) is 0 Å². The molecule has 0 saturated heterocycles. The molecule has 2 aromatic carbocycles. The zero-order valence-electron chi connectivity index (χ0n) is 15.9. The number of nitro benzene ring substituents is 1. The number of phenols is 1. The Kier molecular flexibility index (Phi) is 6.48. The summed E-state index contributed by atoms with van der Waals surface area (Å²) in [6.07, 6.45) is 0.345. The molecule has 8 heteroatoms. The zero-order valence-corrected chi connectivity index (χ0v) is 15.9. The highest BCUT2D eigenvalue weighted by molar-refractivity contribution is 6.07. The maximum atomic E-state index is 12.7. The smallest absolute Gasteiger partial charge is 0.270 e. The molecule has 3 N–H and O–H groups in total.